The lowest BCUT2D eigenvalue weighted by Crippen LogP contribution is -2.43. The highest BCUT2D eigenvalue weighted by molar-refractivity contribution is 5.76. The third kappa shape index (κ3) is 4.08. The van der Waals surface area contributed by atoms with E-state index in [2.05, 4.69) is 29.5 Å². The Morgan fingerprint density at radius 3 is 3.05 bits per heavy atom. The number of rotatable bonds is 5. The zero-order chi connectivity index (χ0) is 13.7. The van der Waals surface area contributed by atoms with Crippen LogP contribution in [-0.4, -0.2) is 43.2 Å². The molecule has 1 aromatic rings. The summed E-state index contributed by atoms with van der Waals surface area (Å²) in [6.07, 6.45) is 4.31. The van der Waals surface area contributed by atoms with Crippen LogP contribution in [0.3, 0.4) is 0 Å². The van der Waals surface area contributed by atoms with Crippen LogP contribution in [-0.2, 0) is 14.9 Å². The molecule has 3 N–H and O–H groups in total. The summed E-state index contributed by atoms with van der Waals surface area (Å²) in [4.78, 5) is 14.9. The Morgan fingerprint density at radius 2 is 2.42 bits per heavy atom. The third-order valence-electron chi connectivity index (χ3n) is 3.52. The van der Waals surface area contributed by atoms with E-state index in [1.165, 1.54) is 5.56 Å². The topological polar surface area (TPSA) is 66.2 Å². The summed E-state index contributed by atoms with van der Waals surface area (Å²) in [6, 6.07) is 2.04. The van der Waals surface area contributed by atoms with Crippen molar-refractivity contribution in [2.75, 3.05) is 26.2 Å². The van der Waals surface area contributed by atoms with Gasteiger partial charge < -0.3 is 20.4 Å². The van der Waals surface area contributed by atoms with Crippen LogP contribution in [0.4, 0.5) is 0 Å². The van der Waals surface area contributed by atoms with Gasteiger partial charge in [0.1, 0.15) is 0 Å². The van der Waals surface area contributed by atoms with Gasteiger partial charge in [-0.1, -0.05) is 13.8 Å². The lowest BCUT2D eigenvalue weighted by Gasteiger charge is -2.26. The fraction of sp³-hybridized carbons (Fsp3) is 0.643. The van der Waals surface area contributed by atoms with Gasteiger partial charge >= 0.3 is 0 Å². The van der Waals surface area contributed by atoms with Crippen molar-refractivity contribution in [2.24, 2.45) is 0 Å². The molecule has 0 saturated carbocycles. The molecule has 1 saturated heterocycles. The highest BCUT2D eigenvalue weighted by Crippen LogP contribution is 2.21. The van der Waals surface area contributed by atoms with E-state index in [0.717, 1.165) is 13.1 Å². The fourth-order valence-electron chi connectivity index (χ4n) is 2.20. The average Bonchev–Trinajstić information content (AvgIpc) is 2.92. The van der Waals surface area contributed by atoms with Gasteiger partial charge in [0.15, 0.2) is 0 Å². The minimum absolute atomic E-state index is 0.00382. The average molecular weight is 265 g/mol. The maximum Gasteiger partial charge on any atom is 0.222 e. The summed E-state index contributed by atoms with van der Waals surface area (Å²) in [5, 5.41) is 6.22. The van der Waals surface area contributed by atoms with Crippen LogP contribution in [0.1, 0.15) is 25.8 Å². The molecular formula is C14H23N3O2. The van der Waals surface area contributed by atoms with Gasteiger partial charge in [0.25, 0.3) is 0 Å². The molecule has 1 aliphatic heterocycles. The molecule has 1 aromatic heterocycles. The minimum atomic E-state index is -0.0681. The van der Waals surface area contributed by atoms with Crippen LogP contribution in [0.15, 0.2) is 18.5 Å². The molecule has 106 valence electrons. The molecule has 5 heteroatoms. The number of hydrogen-bond donors (Lipinski definition) is 3. The molecule has 2 rings (SSSR count). The van der Waals surface area contributed by atoms with Crippen molar-refractivity contribution < 1.29 is 9.53 Å². The predicted molar refractivity (Wildman–Crippen MR) is 74.1 cm³/mol. The molecule has 0 aromatic carbocycles. The second-order valence-corrected chi connectivity index (χ2v) is 5.66. The summed E-state index contributed by atoms with van der Waals surface area (Å²) in [7, 11) is 0. The van der Waals surface area contributed by atoms with Gasteiger partial charge in [0, 0.05) is 37.4 Å². The molecule has 0 spiro atoms. The Morgan fingerprint density at radius 1 is 1.58 bits per heavy atom. The summed E-state index contributed by atoms with van der Waals surface area (Å²) in [6.45, 7) is 7.19. The van der Waals surface area contributed by atoms with Crippen molar-refractivity contribution in [3.63, 3.8) is 0 Å². The van der Waals surface area contributed by atoms with E-state index >= 15 is 0 Å². The van der Waals surface area contributed by atoms with Crippen molar-refractivity contribution in [2.45, 2.75) is 31.8 Å². The Balaban J connectivity index is 1.76. The molecule has 0 aliphatic carbocycles. The molecule has 0 radical (unpaired) electrons. The van der Waals surface area contributed by atoms with Gasteiger partial charge in [-0.2, -0.15) is 0 Å². The molecular weight excluding hydrogens is 242 g/mol. The third-order valence-corrected chi connectivity index (χ3v) is 3.52. The largest absolute Gasteiger partial charge is 0.375 e. The van der Waals surface area contributed by atoms with Crippen molar-refractivity contribution in [3.8, 4) is 0 Å². The second-order valence-electron chi connectivity index (χ2n) is 5.66. The van der Waals surface area contributed by atoms with Gasteiger partial charge in [-0.25, -0.2) is 0 Å². The molecule has 0 bridgehead atoms. The smallest absolute Gasteiger partial charge is 0.222 e. The van der Waals surface area contributed by atoms with E-state index in [1.54, 1.807) is 0 Å². The quantitative estimate of drug-likeness (QED) is 0.737. The van der Waals surface area contributed by atoms with Crippen LogP contribution < -0.4 is 10.6 Å². The van der Waals surface area contributed by atoms with Gasteiger partial charge in [0.05, 0.1) is 19.1 Å². The predicted octanol–water partition coefficient (Wildman–Crippen LogP) is 0.787. The van der Waals surface area contributed by atoms with E-state index in [-0.39, 0.29) is 17.4 Å². The number of aromatic amines is 1. The fourth-order valence-corrected chi connectivity index (χ4v) is 2.20. The van der Waals surface area contributed by atoms with Crippen LogP contribution in [0.2, 0.25) is 0 Å². The molecule has 1 amide bonds. The first kappa shape index (κ1) is 14.1. The van der Waals surface area contributed by atoms with Crippen molar-refractivity contribution in [1.29, 1.82) is 0 Å². The molecule has 1 fully saturated rings. The molecule has 2 heterocycles. The number of hydrogen-bond acceptors (Lipinski definition) is 3. The first-order valence-corrected chi connectivity index (χ1v) is 6.80. The number of carbonyl (C=O) groups excluding carboxylic acids is 1. The van der Waals surface area contributed by atoms with E-state index in [9.17, 15) is 4.79 Å². The Labute approximate surface area is 114 Å². The number of ether oxygens (including phenoxy) is 1. The number of aromatic nitrogens is 1. The standard InChI is InChI=1S/C14H23N3O2/c1-14(2,11-3-4-15-8-11)10-17-13(18)7-12-9-16-5-6-19-12/h3-4,8,12,15-16H,5-7,9-10H2,1-2H3,(H,17,18). The summed E-state index contributed by atoms with van der Waals surface area (Å²) in [5.41, 5.74) is 1.13. The highest BCUT2D eigenvalue weighted by atomic mass is 16.5. The lowest BCUT2D eigenvalue weighted by atomic mass is 9.86. The molecule has 1 aliphatic rings. The normalized spacial score (nSPS) is 20.2. The molecule has 1 unspecified atom stereocenters. The summed E-state index contributed by atoms with van der Waals surface area (Å²) >= 11 is 0. The zero-order valence-corrected chi connectivity index (χ0v) is 11.7. The van der Waals surface area contributed by atoms with Crippen molar-refractivity contribution in [3.05, 3.63) is 24.0 Å². The number of morpholine rings is 1. The van der Waals surface area contributed by atoms with E-state index in [0.29, 0.717) is 19.6 Å². The zero-order valence-electron chi connectivity index (χ0n) is 11.7. The molecule has 5 nitrogen and oxygen atoms in total. The van der Waals surface area contributed by atoms with Crippen LogP contribution in [0, 0.1) is 0 Å². The SMILES string of the molecule is CC(C)(CNC(=O)CC1CNCCO1)c1cc[nH]c1. The van der Waals surface area contributed by atoms with E-state index < -0.39 is 0 Å². The van der Waals surface area contributed by atoms with E-state index in [4.69, 9.17) is 4.74 Å². The lowest BCUT2D eigenvalue weighted by molar-refractivity contribution is -0.124. The second kappa shape index (κ2) is 6.21. The maximum atomic E-state index is 11.9. The monoisotopic (exact) mass is 265 g/mol. The van der Waals surface area contributed by atoms with Crippen molar-refractivity contribution >= 4 is 5.91 Å². The molecule has 19 heavy (non-hydrogen) atoms. The minimum Gasteiger partial charge on any atom is -0.375 e. The van der Waals surface area contributed by atoms with Gasteiger partial charge in [-0.15, -0.1) is 0 Å². The first-order valence-electron chi connectivity index (χ1n) is 6.80. The highest BCUT2D eigenvalue weighted by Gasteiger charge is 2.23. The summed E-state index contributed by atoms with van der Waals surface area (Å²) in [5.74, 6) is 0.0531. The van der Waals surface area contributed by atoms with Crippen LogP contribution in [0.25, 0.3) is 0 Å². The van der Waals surface area contributed by atoms with Crippen molar-refractivity contribution in [1.82, 2.24) is 15.6 Å². The Kier molecular flexibility index (Phi) is 4.61. The number of nitrogens with one attached hydrogen (secondary N) is 3. The van der Waals surface area contributed by atoms with E-state index in [1.807, 2.05) is 18.5 Å². The number of amides is 1. The number of H-pyrrole nitrogens is 1. The Hall–Kier alpha value is -1.33. The van der Waals surface area contributed by atoms with Crippen LogP contribution >= 0.6 is 0 Å². The van der Waals surface area contributed by atoms with Gasteiger partial charge in [-0.05, 0) is 11.6 Å². The molecule has 1 atom stereocenters. The van der Waals surface area contributed by atoms with Crippen LogP contribution in [0.5, 0.6) is 0 Å². The first-order chi connectivity index (χ1) is 9.08. The number of carbonyl (C=O) groups is 1. The summed E-state index contributed by atoms with van der Waals surface area (Å²) < 4.78 is 5.52. The maximum absolute atomic E-state index is 11.9. The van der Waals surface area contributed by atoms with Gasteiger partial charge in [-0.3, -0.25) is 4.79 Å². The van der Waals surface area contributed by atoms with Gasteiger partial charge in [0.2, 0.25) is 5.91 Å². The Bertz CT molecular complexity index is 395.